The Bertz CT molecular complexity index is 888. The van der Waals surface area contributed by atoms with Gasteiger partial charge in [-0.1, -0.05) is 19.8 Å². The zero-order valence-corrected chi connectivity index (χ0v) is 17.1. The summed E-state index contributed by atoms with van der Waals surface area (Å²) in [5.41, 5.74) is 2.31. The van der Waals surface area contributed by atoms with Crippen molar-refractivity contribution in [1.29, 1.82) is 5.26 Å². The molecule has 1 amide bonds. The molecule has 0 aromatic carbocycles. The third kappa shape index (κ3) is 3.90. The number of nitrogens with one attached hydrogen (secondary N) is 1. The largest absolute Gasteiger partial charge is 0.357 e. The molecule has 2 aromatic rings. The smallest absolute Gasteiger partial charge is 0.257 e. The van der Waals surface area contributed by atoms with E-state index in [2.05, 4.69) is 28.2 Å². The summed E-state index contributed by atoms with van der Waals surface area (Å²) in [6, 6.07) is 6.08. The van der Waals surface area contributed by atoms with Crippen molar-refractivity contribution in [2.45, 2.75) is 51.9 Å². The molecule has 1 N–H and O–H groups in total. The first-order chi connectivity index (χ1) is 13.7. The van der Waals surface area contributed by atoms with Crippen LogP contribution in [0.3, 0.4) is 0 Å². The molecule has 4 rings (SSSR count). The second kappa shape index (κ2) is 8.32. The molecule has 1 aliphatic carbocycles. The molecule has 1 fully saturated rings. The predicted octanol–water partition coefficient (Wildman–Crippen LogP) is 4.77. The molecular weight excluding hydrogens is 368 g/mol. The molecule has 0 unspecified atom stereocenters. The van der Waals surface area contributed by atoms with Crippen LogP contribution in [-0.4, -0.2) is 24.0 Å². The van der Waals surface area contributed by atoms with Gasteiger partial charge in [0.25, 0.3) is 5.91 Å². The number of rotatable bonds is 3. The summed E-state index contributed by atoms with van der Waals surface area (Å²) in [7, 11) is 0. The van der Waals surface area contributed by atoms with Gasteiger partial charge in [-0.15, -0.1) is 11.3 Å². The number of nitrogens with zero attached hydrogens (tertiary/aromatic N) is 3. The van der Waals surface area contributed by atoms with E-state index in [4.69, 9.17) is 0 Å². The van der Waals surface area contributed by atoms with E-state index in [0.29, 0.717) is 22.0 Å². The van der Waals surface area contributed by atoms with Crippen LogP contribution in [-0.2, 0) is 12.8 Å². The van der Waals surface area contributed by atoms with Crippen molar-refractivity contribution in [2.24, 2.45) is 5.92 Å². The van der Waals surface area contributed by atoms with Crippen molar-refractivity contribution in [3.8, 4) is 6.07 Å². The highest BCUT2D eigenvalue weighted by molar-refractivity contribution is 7.16. The lowest BCUT2D eigenvalue weighted by molar-refractivity contribution is 0.102. The van der Waals surface area contributed by atoms with Crippen LogP contribution in [0.4, 0.5) is 10.8 Å². The highest BCUT2D eigenvalue weighted by atomic mass is 32.1. The zero-order chi connectivity index (χ0) is 19.5. The molecule has 5 nitrogen and oxygen atoms in total. The van der Waals surface area contributed by atoms with Gasteiger partial charge in [0.05, 0.1) is 11.1 Å². The highest BCUT2D eigenvalue weighted by Crippen LogP contribution is 2.39. The lowest BCUT2D eigenvalue weighted by Crippen LogP contribution is -2.25. The minimum absolute atomic E-state index is 0.196. The number of carbonyl (C=O) groups excluding carboxylic acids is 1. The molecule has 0 bridgehead atoms. The molecule has 2 aliphatic rings. The number of carbonyl (C=O) groups is 1. The second-order valence-corrected chi connectivity index (χ2v) is 9.03. The second-order valence-electron chi connectivity index (χ2n) is 7.93. The minimum atomic E-state index is -0.196. The first kappa shape index (κ1) is 18.9. The summed E-state index contributed by atoms with van der Waals surface area (Å²) in [6.45, 7) is 4.30. The fourth-order valence-corrected chi connectivity index (χ4v) is 5.50. The summed E-state index contributed by atoms with van der Waals surface area (Å²) in [6.07, 6.45) is 9.63. The fraction of sp³-hybridized carbons (Fsp3) is 0.500. The van der Waals surface area contributed by atoms with Crippen molar-refractivity contribution in [1.82, 2.24) is 4.98 Å². The Kier molecular flexibility index (Phi) is 5.63. The maximum Gasteiger partial charge on any atom is 0.257 e. The maximum absolute atomic E-state index is 12.7. The first-order valence-corrected chi connectivity index (χ1v) is 11.0. The third-order valence-electron chi connectivity index (χ3n) is 5.79. The van der Waals surface area contributed by atoms with Gasteiger partial charge in [0, 0.05) is 24.2 Å². The van der Waals surface area contributed by atoms with Gasteiger partial charge < -0.3 is 10.2 Å². The standard InChI is InChI=1S/C22H26N4OS/c1-15-6-8-17-18(13-23)22(28-19(17)12-15)25-21(27)16-7-9-20(24-14-16)26-10-4-2-3-5-11-26/h7,9,14-15H,2-6,8,10-12H2,1H3,(H,25,27)/t15-/m0/s1. The van der Waals surface area contributed by atoms with E-state index in [9.17, 15) is 10.1 Å². The van der Waals surface area contributed by atoms with Crippen LogP contribution in [0.1, 0.15) is 65.4 Å². The van der Waals surface area contributed by atoms with E-state index in [1.807, 2.05) is 12.1 Å². The summed E-state index contributed by atoms with van der Waals surface area (Å²) in [5, 5.41) is 13.2. The molecule has 2 aromatic heterocycles. The summed E-state index contributed by atoms with van der Waals surface area (Å²) >= 11 is 1.56. The average Bonchev–Trinajstić information content (AvgIpc) is 2.86. The van der Waals surface area contributed by atoms with E-state index in [0.717, 1.165) is 43.7 Å². The molecule has 0 saturated carbocycles. The van der Waals surface area contributed by atoms with Gasteiger partial charge >= 0.3 is 0 Å². The predicted molar refractivity (Wildman–Crippen MR) is 113 cm³/mol. The summed E-state index contributed by atoms with van der Waals surface area (Å²) in [5.74, 6) is 1.38. The molecule has 0 spiro atoms. The molecule has 6 heteroatoms. The summed E-state index contributed by atoms with van der Waals surface area (Å²) in [4.78, 5) is 20.8. The normalized spacial score (nSPS) is 19.4. The number of fused-ring (bicyclic) bond motifs is 1. The van der Waals surface area contributed by atoms with Gasteiger partial charge in [-0.25, -0.2) is 4.98 Å². The molecule has 146 valence electrons. The Morgan fingerprint density at radius 2 is 2.07 bits per heavy atom. The van der Waals surface area contributed by atoms with Gasteiger partial charge in [0.1, 0.15) is 16.9 Å². The number of thiophene rings is 1. The van der Waals surface area contributed by atoms with Crippen LogP contribution in [0.25, 0.3) is 0 Å². The number of aromatic nitrogens is 1. The van der Waals surface area contributed by atoms with E-state index >= 15 is 0 Å². The van der Waals surface area contributed by atoms with Gasteiger partial charge in [0.2, 0.25) is 0 Å². The topological polar surface area (TPSA) is 69.0 Å². The molecule has 1 atom stereocenters. The SMILES string of the molecule is C[C@H]1CCc2c(sc(NC(=O)c3ccc(N4CCCCCC4)nc3)c2C#N)C1. The van der Waals surface area contributed by atoms with Gasteiger partial charge in [-0.05, 0) is 55.7 Å². The minimum Gasteiger partial charge on any atom is -0.357 e. The van der Waals surface area contributed by atoms with Crippen LogP contribution in [0.15, 0.2) is 18.3 Å². The number of nitriles is 1. The average molecular weight is 395 g/mol. The Labute approximate surface area is 170 Å². The Morgan fingerprint density at radius 3 is 2.75 bits per heavy atom. The molecule has 1 aliphatic heterocycles. The number of hydrogen-bond donors (Lipinski definition) is 1. The van der Waals surface area contributed by atoms with E-state index in [-0.39, 0.29) is 5.91 Å². The van der Waals surface area contributed by atoms with Gasteiger partial charge in [-0.2, -0.15) is 5.26 Å². The Balaban J connectivity index is 1.49. The number of amides is 1. The monoisotopic (exact) mass is 394 g/mol. The lowest BCUT2D eigenvalue weighted by atomic mass is 9.88. The number of anilines is 2. The quantitative estimate of drug-likeness (QED) is 0.814. The molecule has 28 heavy (non-hydrogen) atoms. The highest BCUT2D eigenvalue weighted by Gasteiger charge is 2.25. The number of hydrogen-bond acceptors (Lipinski definition) is 5. The van der Waals surface area contributed by atoms with Crippen LogP contribution in [0, 0.1) is 17.2 Å². The van der Waals surface area contributed by atoms with Gasteiger partial charge in [-0.3, -0.25) is 4.79 Å². The van der Waals surface area contributed by atoms with Crippen LogP contribution >= 0.6 is 11.3 Å². The van der Waals surface area contributed by atoms with E-state index < -0.39 is 0 Å². The van der Waals surface area contributed by atoms with E-state index in [1.165, 1.54) is 30.6 Å². The van der Waals surface area contributed by atoms with Crippen molar-refractivity contribution >= 4 is 28.1 Å². The number of pyridine rings is 1. The Morgan fingerprint density at radius 1 is 1.29 bits per heavy atom. The maximum atomic E-state index is 12.7. The third-order valence-corrected chi connectivity index (χ3v) is 6.96. The molecule has 1 saturated heterocycles. The first-order valence-electron chi connectivity index (χ1n) is 10.2. The van der Waals surface area contributed by atoms with Gasteiger partial charge in [0.15, 0.2) is 0 Å². The lowest BCUT2D eigenvalue weighted by Gasteiger charge is -2.21. The Hall–Kier alpha value is -2.39. The van der Waals surface area contributed by atoms with Crippen molar-refractivity contribution in [2.75, 3.05) is 23.3 Å². The van der Waals surface area contributed by atoms with Crippen molar-refractivity contribution in [3.05, 3.63) is 39.9 Å². The molecule has 0 radical (unpaired) electrons. The molecule has 3 heterocycles. The fourth-order valence-electron chi connectivity index (χ4n) is 4.14. The van der Waals surface area contributed by atoms with Crippen LogP contribution in [0.2, 0.25) is 0 Å². The zero-order valence-electron chi connectivity index (χ0n) is 16.3. The van der Waals surface area contributed by atoms with Crippen molar-refractivity contribution < 1.29 is 4.79 Å². The van der Waals surface area contributed by atoms with Crippen LogP contribution in [0.5, 0.6) is 0 Å². The van der Waals surface area contributed by atoms with Crippen molar-refractivity contribution in [3.63, 3.8) is 0 Å². The summed E-state index contributed by atoms with van der Waals surface area (Å²) < 4.78 is 0. The van der Waals surface area contributed by atoms with Crippen LogP contribution < -0.4 is 10.2 Å². The molecular formula is C22H26N4OS. The van der Waals surface area contributed by atoms with E-state index in [1.54, 1.807) is 17.5 Å².